The van der Waals surface area contributed by atoms with E-state index in [0.717, 1.165) is 5.56 Å². The van der Waals surface area contributed by atoms with Crippen LogP contribution in [0.25, 0.3) is 0 Å². The van der Waals surface area contributed by atoms with Crippen LogP contribution in [-0.2, 0) is 15.0 Å². The summed E-state index contributed by atoms with van der Waals surface area (Å²) in [6.45, 7) is 0. The van der Waals surface area contributed by atoms with Crippen molar-refractivity contribution in [3.8, 4) is 0 Å². The molecule has 4 rings (SSSR count). The molecule has 0 unspecified atom stereocenters. The van der Waals surface area contributed by atoms with Gasteiger partial charge in [0.2, 0.25) is 5.91 Å². The minimum Gasteiger partial charge on any atom is -0.382 e. The van der Waals surface area contributed by atoms with Crippen LogP contribution in [0.1, 0.15) is 17.2 Å². The maximum atomic E-state index is 12.7. The topological polar surface area (TPSA) is 78.4 Å². The van der Waals surface area contributed by atoms with E-state index in [4.69, 9.17) is 0 Å². The van der Waals surface area contributed by atoms with Crippen LogP contribution < -0.4 is 10.6 Å². The maximum Gasteiger partial charge on any atom is 0.250 e. The van der Waals surface area contributed by atoms with Crippen LogP contribution >= 0.6 is 0 Å². The van der Waals surface area contributed by atoms with Gasteiger partial charge < -0.3 is 15.7 Å². The molecule has 2 aromatic carbocycles. The largest absolute Gasteiger partial charge is 0.382 e. The van der Waals surface area contributed by atoms with Gasteiger partial charge in [0, 0.05) is 5.69 Å². The van der Waals surface area contributed by atoms with Crippen molar-refractivity contribution in [1.29, 1.82) is 0 Å². The summed E-state index contributed by atoms with van der Waals surface area (Å²) in [7, 11) is 0. The summed E-state index contributed by atoms with van der Waals surface area (Å²) in [6.07, 6.45) is -1.42. The molecule has 22 heavy (non-hydrogen) atoms. The first kappa shape index (κ1) is 13.0. The number of carbonyl (C=O) groups is 2. The fourth-order valence-corrected chi connectivity index (χ4v) is 3.55. The van der Waals surface area contributed by atoms with E-state index < -0.39 is 23.5 Å². The highest BCUT2D eigenvalue weighted by Gasteiger charge is 2.64. The molecule has 2 aliphatic rings. The highest BCUT2D eigenvalue weighted by Crippen LogP contribution is 2.51. The van der Waals surface area contributed by atoms with Crippen LogP contribution in [0.3, 0.4) is 0 Å². The lowest BCUT2D eigenvalue weighted by Crippen LogP contribution is -2.47. The number of benzene rings is 2. The van der Waals surface area contributed by atoms with Crippen molar-refractivity contribution >= 4 is 17.5 Å². The van der Waals surface area contributed by atoms with Crippen LogP contribution in [0.15, 0.2) is 54.6 Å². The van der Waals surface area contributed by atoms with Crippen molar-refractivity contribution < 1.29 is 14.7 Å². The molecular formula is C17H14N2O3. The predicted octanol–water partition coefficient (Wildman–Crippen LogP) is 1.11. The molecule has 2 heterocycles. The third-order valence-corrected chi connectivity index (χ3v) is 4.55. The van der Waals surface area contributed by atoms with E-state index in [1.54, 1.807) is 18.2 Å². The second-order valence-corrected chi connectivity index (χ2v) is 5.62. The summed E-state index contributed by atoms with van der Waals surface area (Å²) in [5.41, 5.74) is 0.762. The minimum atomic E-state index is -1.42. The third kappa shape index (κ3) is 1.46. The summed E-state index contributed by atoms with van der Waals surface area (Å²) in [5.74, 6) is -0.880. The van der Waals surface area contributed by atoms with Crippen molar-refractivity contribution in [1.82, 2.24) is 5.32 Å². The fourth-order valence-electron chi connectivity index (χ4n) is 3.55. The number of para-hydroxylation sites is 1. The van der Waals surface area contributed by atoms with E-state index in [1.807, 2.05) is 36.4 Å². The number of aliphatic hydroxyl groups excluding tert-OH is 1. The SMILES string of the molecule is O=C1N[C@@H](c2ccccc2)[C@]2(C(=O)Nc3ccccc32)[C@H]1O. The summed E-state index contributed by atoms with van der Waals surface area (Å²) in [5, 5.41) is 16.1. The van der Waals surface area contributed by atoms with Gasteiger partial charge in [0.15, 0.2) is 6.10 Å². The van der Waals surface area contributed by atoms with Crippen LogP contribution in [0.4, 0.5) is 5.69 Å². The number of hydrogen-bond donors (Lipinski definition) is 3. The van der Waals surface area contributed by atoms with Gasteiger partial charge in [0.1, 0.15) is 5.41 Å². The summed E-state index contributed by atoms with van der Waals surface area (Å²) in [6, 6.07) is 15.8. The molecule has 110 valence electrons. The zero-order valence-electron chi connectivity index (χ0n) is 11.6. The maximum absolute atomic E-state index is 12.7. The van der Waals surface area contributed by atoms with Gasteiger partial charge in [0.25, 0.3) is 5.91 Å². The van der Waals surface area contributed by atoms with E-state index in [0.29, 0.717) is 11.3 Å². The fraction of sp³-hybridized carbons (Fsp3) is 0.176. The van der Waals surface area contributed by atoms with Gasteiger partial charge in [-0.05, 0) is 17.2 Å². The quantitative estimate of drug-likeness (QED) is 0.737. The van der Waals surface area contributed by atoms with E-state index in [1.165, 1.54) is 0 Å². The molecule has 0 aliphatic carbocycles. The Labute approximate surface area is 127 Å². The van der Waals surface area contributed by atoms with Gasteiger partial charge in [-0.1, -0.05) is 48.5 Å². The van der Waals surface area contributed by atoms with Crippen molar-refractivity contribution in [2.75, 3.05) is 5.32 Å². The number of hydrogen-bond acceptors (Lipinski definition) is 3. The number of carbonyl (C=O) groups excluding carboxylic acids is 2. The Kier molecular flexibility index (Phi) is 2.62. The number of rotatable bonds is 1. The average Bonchev–Trinajstić information content (AvgIpc) is 2.99. The van der Waals surface area contributed by atoms with Crippen molar-refractivity contribution in [2.45, 2.75) is 17.6 Å². The molecule has 1 fully saturated rings. The third-order valence-electron chi connectivity index (χ3n) is 4.55. The first-order valence-electron chi connectivity index (χ1n) is 7.10. The van der Waals surface area contributed by atoms with E-state index >= 15 is 0 Å². The number of nitrogens with one attached hydrogen (secondary N) is 2. The lowest BCUT2D eigenvalue weighted by atomic mass is 9.71. The summed E-state index contributed by atoms with van der Waals surface area (Å²) >= 11 is 0. The molecule has 1 spiro atoms. The molecule has 5 heteroatoms. The first-order chi connectivity index (χ1) is 10.7. The zero-order chi connectivity index (χ0) is 15.3. The first-order valence-corrected chi connectivity index (χ1v) is 7.10. The Balaban J connectivity index is 1.97. The Hall–Kier alpha value is -2.66. The molecule has 0 aromatic heterocycles. The summed E-state index contributed by atoms with van der Waals surface area (Å²) in [4.78, 5) is 24.9. The molecule has 2 aliphatic heterocycles. The Morgan fingerprint density at radius 1 is 0.955 bits per heavy atom. The van der Waals surface area contributed by atoms with Crippen LogP contribution in [0.5, 0.6) is 0 Å². The zero-order valence-corrected chi connectivity index (χ0v) is 11.6. The van der Waals surface area contributed by atoms with Crippen molar-refractivity contribution in [3.63, 3.8) is 0 Å². The van der Waals surface area contributed by atoms with E-state index in [9.17, 15) is 14.7 Å². The van der Waals surface area contributed by atoms with Crippen LogP contribution in [0.2, 0.25) is 0 Å². The molecule has 0 saturated carbocycles. The highest BCUT2D eigenvalue weighted by atomic mass is 16.3. The minimum absolute atomic E-state index is 0.353. The lowest BCUT2D eigenvalue weighted by molar-refractivity contribution is -0.133. The molecule has 1 saturated heterocycles. The van der Waals surface area contributed by atoms with Gasteiger partial charge in [-0.3, -0.25) is 9.59 Å². The lowest BCUT2D eigenvalue weighted by Gasteiger charge is -2.30. The number of aliphatic hydroxyl groups is 1. The van der Waals surface area contributed by atoms with Gasteiger partial charge >= 0.3 is 0 Å². The number of fused-ring (bicyclic) bond motifs is 2. The second-order valence-electron chi connectivity index (χ2n) is 5.62. The molecule has 5 nitrogen and oxygen atoms in total. The Morgan fingerprint density at radius 3 is 2.41 bits per heavy atom. The molecule has 0 radical (unpaired) electrons. The summed E-state index contributed by atoms with van der Waals surface area (Å²) < 4.78 is 0. The standard InChI is InChI=1S/C17H14N2O3/c20-14-15(21)19-13(10-6-2-1-3-7-10)17(14)11-8-4-5-9-12(11)18-16(17)22/h1-9,13-14,20H,(H,18,22)(H,19,21)/t13-,14-,17-/m0/s1. The molecular weight excluding hydrogens is 280 g/mol. The normalized spacial score (nSPS) is 29.3. The monoisotopic (exact) mass is 294 g/mol. The highest BCUT2D eigenvalue weighted by molar-refractivity contribution is 6.12. The van der Waals surface area contributed by atoms with Gasteiger partial charge in [-0.2, -0.15) is 0 Å². The molecule has 0 bridgehead atoms. The van der Waals surface area contributed by atoms with E-state index in [2.05, 4.69) is 10.6 Å². The Bertz CT molecular complexity index is 774. The number of amides is 2. The second kappa shape index (κ2) is 4.42. The molecule has 3 N–H and O–H groups in total. The van der Waals surface area contributed by atoms with Crippen LogP contribution in [-0.4, -0.2) is 23.0 Å². The predicted molar refractivity (Wildman–Crippen MR) is 80.1 cm³/mol. The smallest absolute Gasteiger partial charge is 0.250 e. The van der Waals surface area contributed by atoms with Gasteiger partial charge in [-0.25, -0.2) is 0 Å². The van der Waals surface area contributed by atoms with Crippen molar-refractivity contribution in [3.05, 3.63) is 65.7 Å². The Morgan fingerprint density at radius 2 is 1.64 bits per heavy atom. The van der Waals surface area contributed by atoms with Gasteiger partial charge in [-0.15, -0.1) is 0 Å². The van der Waals surface area contributed by atoms with Crippen molar-refractivity contribution in [2.24, 2.45) is 0 Å². The molecule has 2 aromatic rings. The number of anilines is 1. The average molecular weight is 294 g/mol. The molecule has 2 amide bonds. The molecule has 3 atom stereocenters. The van der Waals surface area contributed by atoms with E-state index in [-0.39, 0.29) is 5.91 Å². The van der Waals surface area contributed by atoms with Gasteiger partial charge in [0.05, 0.1) is 6.04 Å². The van der Waals surface area contributed by atoms with Crippen LogP contribution in [0, 0.1) is 0 Å².